The minimum atomic E-state index is 0.472. The van der Waals surface area contributed by atoms with Crippen LogP contribution >= 0.6 is 11.8 Å². The highest BCUT2D eigenvalue weighted by Crippen LogP contribution is 2.49. The van der Waals surface area contributed by atoms with Crippen molar-refractivity contribution in [2.75, 3.05) is 5.75 Å². The van der Waals surface area contributed by atoms with Crippen LogP contribution in [0.25, 0.3) is 0 Å². The second-order valence-corrected chi connectivity index (χ2v) is 7.18. The summed E-state index contributed by atoms with van der Waals surface area (Å²) in [6, 6.07) is 1.45. The number of thioether (sulfide) groups is 1. The van der Waals surface area contributed by atoms with Crippen molar-refractivity contribution in [2.24, 2.45) is 5.41 Å². The van der Waals surface area contributed by atoms with E-state index in [-0.39, 0.29) is 0 Å². The molecule has 2 rings (SSSR count). The van der Waals surface area contributed by atoms with Crippen LogP contribution < -0.4 is 5.32 Å². The first-order chi connectivity index (χ1) is 5.94. The molecule has 0 aromatic heterocycles. The third kappa shape index (κ3) is 1.75. The van der Waals surface area contributed by atoms with Crippen LogP contribution in [-0.2, 0) is 0 Å². The van der Waals surface area contributed by atoms with Gasteiger partial charge < -0.3 is 5.32 Å². The lowest BCUT2D eigenvalue weighted by Crippen LogP contribution is -2.58. The quantitative estimate of drug-likeness (QED) is 0.750. The second kappa shape index (κ2) is 2.90. The van der Waals surface area contributed by atoms with E-state index in [2.05, 4.69) is 44.8 Å². The van der Waals surface area contributed by atoms with E-state index in [0.717, 1.165) is 6.04 Å². The largest absolute Gasteiger partial charge is 0.309 e. The molecule has 0 amide bonds. The molecule has 1 aliphatic heterocycles. The number of rotatable bonds is 3. The summed E-state index contributed by atoms with van der Waals surface area (Å²) in [6.45, 7) is 9.46. The fourth-order valence-electron chi connectivity index (χ4n) is 1.88. The van der Waals surface area contributed by atoms with Crippen molar-refractivity contribution in [3.05, 3.63) is 0 Å². The molecule has 0 bridgehead atoms. The molecule has 13 heavy (non-hydrogen) atoms. The summed E-state index contributed by atoms with van der Waals surface area (Å²) >= 11 is 2.08. The van der Waals surface area contributed by atoms with E-state index in [0.29, 0.717) is 16.2 Å². The molecule has 1 N–H and O–H groups in total. The first kappa shape index (κ1) is 9.85. The zero-order valence-electron chi connectivity index (χ0n) is 9.18. The third-order valence-corrected chi connectivity index (χ3v) is 5.52. The molecule has 0 aromatic carbocycles. The minimum absolute atomic E-state index is 0.472. The molecule has 1 heterocycles. The van der Waals surface area contributed by atoms with Crippen LogP contribution in [0.2, 0.25) is 0 Å². The first-order valence-electron chi connectivity index (χ1n) is 5.34. The summed E-state index contributed by atoms with van der Waals surface area (Å²) in [5.41, 5.74) is 0.621. The summed E-state index contributed by atoms with van der Waals surface area (Å²) in [5.74, 6) is 1.30. The van der Waals surface area contributed by atoms with Crippen molar-refractivity contribution in [2.45, 2.75) is 57.4 Å². The van der Waals surface area contributed by atoms with Gasteiger partial charge >= 0.3 is 0 Å². The standard InChI is InChI=1S/C11H21NS/c1-8(11(4)5-6-11)12-9-7-13-10(9,2)3/h8-9,12H,5-7H2,1-4H3. The number of hydrogen-bond donors (Lipinski definition) is 1. The normalized spacial score (nSPS) is 36.5. The van der Waals surface area contributed by atoms with Crippen LogP contribution in [0.3, 0.4) is 0 Å². The van der Waals surface area contributed by atoms with Gasteiger partial charge in [-0.1, -0.05) is 6.92 Å². The van der Waals surface area contributed by atoms with Crippen LogP contribution in [0.15, 0.2) is 0 Å². The topological polar surface area (TPSA) is 12.0 Å². The summed E-state index contributed by atoms with van der Waals surface area (Å²) in [6.07, 6.45) is 2.84. The maximum atomic E-state index is 3.79. The Morgan fingerprint density at radius 1 is 1.31 bits per heavy atom. The maximum absolute atomic E-state index is 3.79. The highest BCUT2D eigenvalue weighted by atomic mass is 32.2. The SMILES string of the molecule is CC(NC1CSC1(C)C)C1(C)CC1. The summed E-state index contributed by atoms with van der Waals surface area (Å²) < 4.78 is 0.472. The molecule has 2 heteroatoms. The Hall–Kier alpha value is 0.310. The zero-order valence-corrected chi connectivity index (χ0v) is 10.0. The van der Waals surface area contributed by atoms with Crippen LogP contribution in [0, 0.1) is 5.41 Å². The Morgan fingerprint density at radius 2 is 1.92 bits per heavy atom. The number of hydrogen-bond acceptors (Lipinski definition) is 2. The molecule has 76 valence electrons. The molecule has 0 spiro atoms. The molecular formula is C11H21NS. The monoisotopic (exact) mass is 199 g/mol. The van der Waals surface area contributed by atoms with Crippen molar-refractivity contribution >= 4 is 11.8 Å². The Bertz CT molecular complexity index is 203. The zero-order chi connectivity index (χ0) is 9.69. The van der Waals surface area contributed by atoms with E-state index in [1.807, 2.05) is 0 Å². The van der Waals surface area contributed by atoms with Crippen molar-refractivity contribution in [1.29, 1.82) is 0 Å². The van der Waals surface area contributed by atoms with Gasteiger partial charge in [0.2, 0.25) is 0 Å². The van der Waals surface area contributed by atoms with Gasteiger partial charge in [0.25, 0.3) is 0 Å². The van der Waals surface area contributed by atoms with Gasteiger partial charge in [-0.2, -0.15) is 11.8 Å². The van der Waals surface area contributed by atoms with Gasteiger partial charge in [-0.3, -0.25) is 0 Å². The summed E-state index contributed by atoms with van der Waals surface area (Å²) in [4.78, 5) is 0. The average molecular weight is 199 g/mol. The minimum Gasteiger partial charge on any atom is -0.309 e. The second-order valence-electron chi connectivity index (χ2n) is 5.51. The van der Waals surface area contributed by atoms with Gasteiger partial charge in [0, 0.05) is 22.6 Å². The highest BCUT2D eigenvalue weighted by Gasteiger charge is 2.46. The predicted molar refractivity (Wildman–Crippen MR) is 60.3 cm³/mol. The predicted octanol–water partition coefficient (Wildman–Crippen LogP) is 2.66. The molecule has 1 aliphatic carbocycles. The molecular weight excluding hydrogens is 178 g/mol. The lowest BCUT2D eigenvalue weighted by molar-refractivity contribution is 0.313. The molecule has 1 saturated heterocycles. The van der Waals surface area contributed by atoms with Crippen LogP contribution in [0.5, 0.6) is 0 Å². The fraction of sp³-hybridized carbons (Fsp3) is 1.00. The van der Waals surface area contributed by atoms with Gasteiger partial charge in [-0.25, -0.2) is 0 Å². The van der Waals surface area contributed by atoms with Crippen molar-refractivity contribution in [3.63, 3.8) is 0 Å². The van der Waals surface area contributed by atoms with Gasteiger partial charge in [-0.15, -0.1) is 0 Å². The molecule has 1 nitrogen and oxygen atoms in total. The van der Waals surface area contributed by atoms with Gasteiger partial charge in [-0.05, 0) is 39.0 Å². The molecule has 2 unspecified atom stereocenters. The highest BCUT2D eigenvalue weighted by molar-refractivity contribution is 8.02. The summed E-state index contributed by atoms with van der Waals surface area (Å²) in [7, 11) is 0. The van der Waals surface area contributed by atoms with Crippen molar-refractivity contribution in [3.8, 4) is 0 Å². The van der Waals surface area contributed by atoms with Crippen LogP contribution in [0.1, 0.15) is 40.5 Å². The summed E-state index contributed by atoms with van der Waals surface area (Å²) in [5, 5.41) is 3.79. The van der Waals surface area contributed by atoms with Gasteiger partial charge in [0.15, 0.2) is 0 Å². The van der Waals surface area contributed by atoms with E-state index in [1.165, 1.54) is 18.6 Å². The van der Waals surface area contributed by atoms with Gasteiger partial charge in [0.1, 0.15) is 0 Å². The fourth-order valence-corrected chi connectivity index (χ4v) is 3.05. The Balaban J connectivity index is 1.85. The van der Waals surface area contributed by atoms with E-state index < -0.39 is 0 Å². The Kier molecular flexibility index (Phi) is 2.20. The Labute approximate surface area is 86.0 Å². The molecule has 2 fully saturated rings. The smallest absolute Gasteiger partial charge is 0.0302 e. The number of nitrogens with one attached hydrogen (secondary N) is 1. The van der Waals surface area contributed by atoms with E-state index >= 15 is 0 Å². The molecule has 0 aromatic rings. The average Bonchev–Trinajstić information content (AvgIpc) is 2.78. The Morgan fingerprint density at radius 3 is 2.23 bits per heavy atom. The first-order valence-corrected chi connectivity index (χ1v) is 6.33. The van der Waals surface area contributed by atoms with Crippen LogP contribution in [-0.4, -0.2) is 22.6 Å². The van der Waals surface area contributed by atoms with Crippen molar-refractivity contribution in [1.82, 2.24) is 5.32 Å². The molecule has 2 aliphatic rings. The van der Waals surface area contributed by atoms with Gasteiger partial charge in [0.05, 0.1) is 0 Å². The maximum Gasteiger partial charge on any atom is 0.0302 e. The van der Waals surface area contributed by atoms with E-state index in [9.17, 15) is 0 Å². The van der Waals surface area contributed by atoms with E-state index in [4.69, 9.17) is 0 Å². The molecule has 2 atom stereocenters. The lowest BCUT2D eigenvalue weighted by atomic mass is 9.96. The van der Waals surface area contributed by atoms with Crippen molar-refractivity contribution < 1.29 is 0 Å². The third-order valence-electron chi connectivity index (χ3n) is 4.00. The van der Waals surface area contributed by atoms with Crippen LogP contribution in [0.4, 0.5) is 0 Å². The molecule has 0 radical (unpaired) electrons. The van der Waals surface area contributed by atoms with E-state index in [1.54, 1.807) is 0 Å². The molecule has 1 saturated carbocycles. The lowest BCUT2D eigenvalue weighted by Gasteiger charge is -2.46.